The minimum absolute atomic E-state index is 0.00422. The smallest absolute Gasteiger partial charge is 0.261 e. The van der Waals surface area contributed by atoms with Gasteiger partial charge in [0.15, 0.2) is 0 Å². The second-order valence-corrected chi connectivity index (χ2v) is 8.16. The van der Waals surface area contributed by atoms with Gasteiger partial charge in [0.1, 0.15) is 11.9 Å². The summed E-state index contributed by atoms with van der Waals surface area (Å²) in [7, 11) is 0. The third kappa shape index (κ3) is 3.29. The fraction of sp³-hybridized carbons (Fsp3) is 0.211. The van der Waals surface area contributed by atoms with Crippen molar-refractivity contribution < 1.29 is 4.79 Å². The van der Waals surface area contributed by atoms with Crippen LogP contribution in [0.3, 0.4) is 0 Å². The fourth-order valence-corrected chi connectivity index (χ4v) is 4.63. The zero-order valence-electron chi connectivity index (χ0n) is 13.8. The molecule has 2 aromatic carbocycles. The normalized spacial score (nSPS) is 17.0. The number of fused-ring (bicyclic) bond motifs is 1. The number of amides is 1. The molecule has 26 heavy (non-hydrogen) atoms. The Bertz CT molecular complexity index is 1020. The maximum absolute atomic E-state index is 12.9. The molecule has 0 aliphatic carbocycles. The molecule has 1 amide bonds. The highest BCUT2D eigenvalue weighted by Gasteiger charge is 2.30. The van der Waals surface area contributed by atoms with Crippen LogP contribution in [0.4, 0.5) is 0 Å². The quantitative estimate of drug-likeness (QED) is 0.639. The predicted molar refractivity (Wildman–Crippen MR) is 107 cm³/mol. The van der Waals surface area contributed by atoms with E-state index >= 15 is 0 Å². The molecule has 1 fully saturated rings. The number of para-hydroxylation sites is 1. The van der Waals surface area contributed by atoms with Crippen LogP contribution >= 0.6 is 27.7 Å². The lowest BCUT2D eigenvalue weighted by molar-refractivity contribution is -0.132. The number of thioether (sulfide) groups is 1. The molecule has 132 valence electrons. The first-order valence-corrected chi connectivity index (χ1v) is 10.1. The van der Waals surface area contributed by atoms with Gasteiger partial charge < -0.3 is 4.90 Å². The first-order valence-electron chi connectivity index (χ1n) is 8.24. The van der Waals surface area contributed by atoms with Crippen LogP contribution in [-0.4, -0.2) is 32.7 Å². The second-order valence-electron chi connectivity index (χ2n) is 6.06. The molecule has 1 aromatic heterocycles. The second kappa shape index (κ2) is 7.25. The van der Waals surface area contributed by atoms with E-state index in [4.69, 9.17) is 0 Å². The first-order chi connectivity index (χ1) is 12.6. The predicted octanol–water partition coefficient (Wildman–Crippen LogP) is 3.43. The van der Waals surface area contributed by atoms with Gasteiger partial charge in [-0.05, 0) is 29.8 Å². The molecule has 5 nitrogen and oxygen atoms in total. The monoisotopic (exact) mass is 429 g/mol. The van der Waals surface area contributed by atoms with Crippen molar-refractivity contribution in [1.29, 1.82) is 0 Å². The third-order valence-corrected chi connectivity index (χ3v) is 6.19. The Balaban J connectivity index is 1.59. The van der Waals surface area contributed by atoms with Gasteiger partial charge in [-0.25, -0.2) is 4.98 Å². The maximum atomic E-state index is 12.9. The van der Waals surface area contributed by atoms with Gasteiger partial charge in [0.25, 0.3) is 5.56 Å². The number of hydrogen-bond acceptors (Lipinski definition) is 4. The van der Waals surface area contributed by atoms with E-state index in [1.165, 1.54) is 10.9 Å². The molecule has 0 spiro atoms. The van der Waals surface area contributed by atoms with Crippen LogP contribution in [0, 0.1) is 0 Å². The van der Waals surface area contributed by atoms with E-state index in [-0.39, 0.29) is 23.4 Å². The highest BCUT2D eigenvalue weighted by molar-refractivity contribution is 9.10. The van der Waals surface area contributed by atoms with Gasteiger partial charge in [-0.1, -0.05) is 40.2 Å². The number of aromatic nitrogens is 2. The number of carbonyl (C=O) groups excluding carboxylic acids is 1. The summed E-state index contributed by atoms with van der Waals surface area (Å²) in [4.78, 5) is 31.6. The first kappa shape index (κ1) is 17.3. The standard InChI is InChI=1S/C19H16BrN3O2S/c20-14-7-5-13(6-8-14)19-23(9-10-26-19)17(24)11-22-12-21-16-4-2-1-3-15(16)18(22)25/h1-8,12,19H,9-11H2. The Morgan fingerprint density at radius 2 is 1.96 bits per heavy atom. The molecule has 3 aromatic rings. The summed E-state index contributed by atoms with van der Waals surface area (Å²) in [6, 6.07) is 15.2. The molecular weight excluding hydrogens is 414 g/mol. The molecular formula is C19H16BrN3O2S. The van der Waals surface area contributed by atoms with E-state index in [1.807, 2.05) is 35.2 Å². The summed E-state index contributed by atoms with van der Waals surface area (Å²) >= 11 is 5.18. The van der Waals surface area contributed by atoms with Crippen LogP contribution < -0.4 is 5.56 Å². The van der Waals surface area contributed by atoms with Crippen molar-refractivity contribution in [1.82, 2.24) is 14.5 Å². The van der Waals surface area contributed by atoms with Gasteiger partial charge in [0.2, 0.25) is 5.91 Å². The largest absolute Gasteiger partial charge is 0.324 e. The number of rotatable bonds is 3. The average molecular weight is 430 g/mol. The molecule has 0 N–H and O–H groups in total. The molecule has 0 bridgehead atoms. The summed E-state index contributed by atoms with van der Waals surface area (Å²) in [5, 5.41) is 0.516. The van der Waals surface area contributed by atoms with E-state index in [0.29, 0.717) is 17.4 Å². The number of carbonyl (C=O) groups is 1. The van der Waals surface area contributed by atoms with E-state index in [0.717, 1.165) is 15.8 Å². The highest BCUT2D eigenvalue weighted by atomic mass is 79.9. The van der Waals surface area contributed by atoms with Crippen LogP contribution in [0.15, 0.2) is 64.1 Å². The molecule has 1 aliphatic rings. The van der Waals surface area contributed by atoms with Crippen molar-refractivity contribution in [2.75, 3.05) is 12.3 Å². The van der Waals surface area contributed by atoms with Gasteiger partial charge in [-0.15, -0.1) is 11.8 Å². The number of nitrogens with zero attached hydrogens (tertiary/aromatic N) is 3. The van der Waals surface area contributed by atoms with Crippen LogP contribution in [0.5, 0.6) is 0 Å². The minimum Gasteiger partial charge on any atom is -0.324 e. The van der Waals surface area contributed by atoms with Crippen molar-refractivity contribution in [3.05, 3.63) is 75.2 Å². The molecule has 1 saturated heterocycles. The lowest BCUT2D eigenvalue weighted by Gasteiger charge is -2.24. The molecule has 0 saturated carbocycles. The number of halogens is 1. The van der Waals surface area contributed by atoms with E-state index in [9.17, 15) is 9.59 Å². The molecule has 0 radical (unpaired) electrons. The van der Waals surface area contributed by atoms with Gasteiger partial charge in [0, 0.05) is 16.8 Å². The van der Waals surface area contributed by atoms with Crippen LogP contribution in [-0.2, 0) is 11.3 Å². The Morgan fingerprint density at radius 1 is 1.19 bits per heavy atom. The van der Waals surface area contributed by atoms with E-state index < -0.39 is 0 Å². The van der Waals surface area contributed by atoms with Gasteiger partial charge in [-0.2, -0.15) is 0 Å². The summed E-state index contributed by atoms with van der Waals surface area (Å²) in [6.45, 7) is 0.685. The highest BCUT2D eigenvalue weighted by Crippen LogP contribution is 2.38. The lowest BCUT2D eigenvalue weighted by Crippen LogP contribution is -2.36. The number of hydrogen-bond donors (Lipinski definition) is 0. The third-order valence-electron chi connectivity index (χ3n) is 4.40. The van der Waals surface area contributed by atoms with Crippen molar-refractivity contribution in [2.45, 2.75) is 11.9 Å². The molecule has 1 aliphatic heterocycles. The topological polar surface area (TPSA) is 55.2 Å². The van der Waals surface area contributed by atoms with Crippen molar-refractivity contribution in [3.8, 4) is 0 Å². The SMILES string of the molecule is O=C(Cn1cnc2ccccc2c1=O)N1CCSC1c1ccc(Br)cc1. The molecule has 7 heteroatoms. The summed E-state index contributed by atoms with van der Waals surface area (Å²) in [6.07, 6.45) is 1.46. The fourth-order valence-electron chi connectivity index (χ4n) is 3.08. The molecule has 4 rings (SSSR count). The Hall–Kier alpha value is -2.12. The van der Waals surface area contributed by atoms with Gasteiger partial charge in [-0.3, -0.25) is 14.2 Å². The maximum Gasteiger partial charge on any atom is 0.261 e. The van der Waals surface area contributed by atoms with E-state index in [2.05, 4.69) is 20.9 Å². The van der Waals surface area contributed by atoms with Gasteiger partial charge >= 0.3 is 0 Å². The van der Waals surface area contributed by atoms with E-state index in [1.54, 1.807) is 30.0 Å². The van der Waals surface area contributed by atoms with Crippen molar-refractivity contribution in [3.63, 3.8) is 0 Å². The van der Waals surface area contributed by atoms with Crippen LogP contribution in [0.2, 0.25) is 0 Å². The molecule has 2 heterocycles. The average Bonchev–Trinajstić information content (AvgIpc) is 3.15. The van der Waals surface area contributed by atoms with Crippen LogP contribution in [0.1, 0.15) is 10.9 Å². The minimum atomic E-state index is -0.184. The number of benzene rings is 2. The summed E-state index contributed by atoms with van der Waals surface area (Å²) < 4.78 is 2.41. The molecule has 1 atom stereocenters. The summed E-state index contributed by atoms with van der Waals surface area (Å²) in [5.41, 5.74) is 1.55. The van der Waals surface area contributed by atoms with Crippen LogP contribution in [0.25, 0.3) is 10.9 Å². The Labute approximate surface area is 163 Å². The molecule has 1 unspecified atom stereocenters. The van der Waals surface area contributed by atoms with Crippen molar-refractivity contribution in [2.24, 2.45) is 0 Å². The van der Waals surface area contributed by atoms with Crippen molar-refractivity contribution >= 4 is 44.5 Å². The van der Waals surface area contributed by atoms with Gasteiger partial charge in [0.05, 0.1) is 17.2 Å². The lowest BCUT2D eigenvalue weighted by atomic mass is 10.2. The Kier molecular flexibility index (Phi) is 4.82. The Morgan fingerprint density at radius 3 is 2.77 bits per heavy atom. The summed E-state index contributed by atoms with van der Waals surface area (Å²) in [5.74, 6) is 0.819. The zero-order chi connectivity index (χ0) is 18.1. The zero-order valence-corrected chi connectivity index (χ0v) is 16.2.